The number of amides is 1. The van der Waals surface area contributed by atoms with Crippen LogP contribution in [0.4, 0.5) is 0 Å². The Morgan fingerprint density at radius 3 is 0.883 bits per heavy atom. The lowest BCUT2D eigenvalue weighted by Gasteiger charge is -2.20. The third-order valence-corrected chi connectivity index (χ3v) is 16.8. The number of ether oxygens (including phenoxy) is 1. The number of aliphatic hydroxyl groups is 2. The molecule has 1 amide bonds. The van der Waals surface area contributed by atoms with Crippen molar-refractivity contribution in [3.05, 3.63) is 12.2 Å². The van der Waals surface area contributed by atoms with Gasteiger partial charge in [0.15, 0.2) is 0 Å². The summed E-state index contributed by atoms with van der Waals surface area (Å²) in [6.07, 6.45) is 83.3. The Bertz CT molecular complexity index is 1160. The minimum atomic E-state index is -0.837. The van der Waals surface area contributed by atoms with E-state index in [1.54, 1.807) is 6.08 Å². The van der Waals surface area contributed by atoms with Crippen molar-refractivity contribution in [1.82, 2.24) is 5.32 Å². The SMILES string of the molecule is CCCCCCCCCC/C=C/C(O)C(CO)NC(=O)CCCCCCCCCCCCCCCCCCCCCCCCCCCCCCCCCCCCCCCCCOC(=O)CCCCCCCCCCCCC. The third kappa shape index (κ3) is 63.6. The molecule has 0 aromatic rings. The number of rotatable bonds is 67. The van der Waals surface area contributed by atoms with Crippen LogP contribution in [0.2, 0.25) is 0 Å². The van der Waals surface area contributed by atoms with Crippen molar-refractivity contribution >= 4 is 11.9 Å². The van der Waals surface area contributed by atoms with Gasteiger partial charge in [-0.3, -0.25) is 9.59 Å². The van der Waals surface area contributed by atoms with Crippen LogP contribution < -0.4 is 5.32 Å². The molecule has 0 heterocycles. The molecule has 0 saturated carbocycles. The van der Waals surface area contributed by atoms with E-state index in [9.17, 15) is 19.8 Å². The second-order valence-corrected chi connectivity index (χ2v) is 24.6. The van der Waals surface area contributed by atoms with E-state index < -0.39 is 12.1 Å². The van der Waals surface area contributed by atoms with Crippen molar-refractivity contribution in [2.75, 3.05) is 13.2 Å². The van der Waals surface area contributed by atoms with E-state index in [1.807, 2.05) is 6.08 Å². The number of allylic oxidation sites excluding steroid dienone is 1. The van der Waals surface area contributed by atoms with Crippen molar-refractivity contribution in [2.45, 2.75) is 418 Å². The predicted octanol–water partition coefficient (Wildman–Crippen LogP) is 22.8. The molecule has 0 fully saturated rings. The number of esters is 1. The highest BCUT2D eigenvalue weighted by Gasteiger charge is 2.18. The molecular weight excluding hydrogens is 947 g/mol. The molecule has 0 aromatic carbocycles. The van der Waals surface area contributed by atoms with E-state index in [1.165, 1.54) is 340 Å². The molecule has 2 atom stereocenters. The van der Waals surface area contributed by atoms with Crippen LogP contribution in [-0.4, -0.2) is 47.4 Å². The molecule has 0 rings (SSSR count). The zero-order valence-electron chi connectivity index (χ0n) is 52.5. The van der Waals surface area contributed by atoms with Gasteiger partial charge in [0.25, 0.3) is 0 Å². The lowest BCUT2D eigenvalue weighted by Crippen LogP contribution is -2.45. The second-order valence-electron chi connectivity index (χ2n) is 24.6. The van der Waals surface area contributed by atoms with Crippen molar-refractivity contribution in [3.63, 3.8) is 0 Å². The fourth-order valence-corrected chi connectivity index (χ4v) is 11.4. The molecule has 0 aromatic heterocycles. The quantitative estimate of drug-likeness (QED) is 0.0320. The zero-order valence-corrected chi connectivity index (χ0v) is 52.5. The topological polar surface area (TPSA) is 95.9 Å². The van der Waals surface area contributed by atoms with Crippen LogP contribution >= 0.6 is 0 Å². The van der Waals surface area contributed by atoms with Gasteiger partial charge < -0.3 is 20.3 Å². The molecule has 0 bridgehead atoms. The van der Waals surface area contributed by atoms with Crippen LogP contribution in [0, 0.1) is 0 Å². The summed E-state index contributed by atoms with van der Waals surface area (Å²) in [6, 6.07) is -0.620. The Hall–Kier alpha value is -1.40. The van der Waals surface area contributed by atoms with Gasteiger partial charge in [-0.05, 0) is 32.1 Å². The molecule has 2 unspecified atom stereocenters. The standard InChI is InChI=1S/C71H139NO5/c1-3-5-7-9-11-13-44-49-53-57-61-65-71(76)77-66-62-58-54-50-46-43-41-39-37-35-33-31-29-27-25-23-21-19-17-15-16-18-20-22-24-26-28-30-32-34-36-38-40-42-45-48-52-56-60-64-70(75)72-68(67-73)69(74)63-59-55-51-47-14-12-10-8-6-4-2/h59,63,68-69,73-74H,3-58,60-62,64-67H2,1-2H3,(H,72,75)/b63-59+. The number of hydrogen-bond acceptors (Lipinski definition) is 5. The Balaban J connectivity index is 3.26. The first-order valence-corrected chi connectivity index (χ1v) is 35.5. The van der Waals surface area contributed by atoms with Crippen LogP contribution in [0.1, 0.15) is 406 Å². The normalized spacial score (nSPS) is 12.5. The van der Waals surface area contributed by atoms with Gasteiger partial charge in [0.2, 0.25) is 5.91 Å². The van der Waals surface area contributed by atoms with Crippen molar-refractivity contribution in [3.8, 4) is 0 Å². The molecular formula is C71H139NO5. The fourth-order valence-electron chi connectivity index (χ4n) is 11.4. The molecule has 0 aliphatic carbocycles. The number of carbonyl (C=O) groups is 2. The average Bonchev–Trinajstić information content (AvgIpc) is 3.43. The zero-order chi connectivity index (χ0) is 55.7. The second kappa shape index (κ2) is 67.1. The lowest BCUT2D eigenvalue weighted by molar-refractivity contribution is -0.143. The Morgan fingerprint density at radius 2 is 0.597 bits per heavy atom. The van der Waals surface area contributed by atoms with Gasteiger partial charge in [-0.2, -0.15) is 0 Å². The molecule has 6 heteroatoms. The largest absolute Gasteiger partial charge is 0.466 e. The first-order valence-electron chi connectivity index (χ1n) is 35.5. The van der Waals surface area contributed by atoms with Gasteiger partial charge in [0.05, 0.1) is 25.4 Å². The number of hydrogen-bond donors (Lipinski definition) is 3. The van der Waals surface area contributed by atoms with Crippen LogP contribution in [0.5, 0.6) is 0 Å². The smallest absolute Gasteiger partial charge is 0.305 e. The van der Waals surface area contributed by atoms with E-state index in [-0.39, 0.29) is 18.5 Å². The fraction of sp³-hybridized carbons (Fsp3) is 0.944. The maximum atomic E-state index is 12.4. The summed E-state index contributed by atoms with van der Waals surface area (Å²) in [5.41, 5.74) is 0. The summed E-state index contributed by atoms with van der Waals surface area (Å²) < 4.78 is 5.48. The summed E-state index contributed by atoms with van der Waals surface area (Å²) in [5.74, 6) is -0.0376. The molecule has 0 spiro atoms. The summed E-state index contributed by atoms with van der Waals surface area (Å²) in [7, 11) is 0. The van der Waals surface area contributed by atoms with E-state index >= 15 is 0 Å². The highest BCUT2D eigenvalue weighted by Crippen LogP contribution is 2.19. The van der Waals surface area contributed by atoms with E-state index in [4.69, 9.17) is 4.74 Å². The first kappa shape index (κ1) is 75.6. The average molecular weight is 1090 g/mol. The highest BCUT2D eigenvalue weighted by molar-refractivity contribution is 5.76. The molecule has 0 radical (unpaired) electrons. The van der Waals surface area contributed by atoms with Gasteiger partial charge in [-0.1, -0.05) is 373 Å². The number of carbonyl (C=O) groups excluding carboxylic acids is 2. The number of aliphatic hydroxyl groups excluding tert-OH is 2. The maximum absolute atomic E-state index is 12.4. The molecule has 458 valence electrons. The Kier molecular flexibility index (Phi) is 65.9. The van der Waals surface area contributed by atoms with Gasteiger partial charge in [0, 0.05) is 12.8 Å². The van der Waals surface area contributed by atoms with Gasteiger partial charge in [0.1, 0.15) is 0 Å². The van der Waals surface area contributed by atoms with E-state index in [0.29, 0.717) is 19.4 Å². The van der Waals surface area contributed by atoms with Gasteiger partial charge in [-0.25, -0.2) is 0 Å². The van der Waals surface area contributed by atoms with Crippen molar-refractivity contribution in [2.24, 2.45) is 0 Å². The molecule has 0 aliphatic rings. The third-order valence-electron chi connectivity index (χ3n) is 16.8. The van der Waals surface area contributed by atoms with Crippen LogP contribution in [0.3, 0.4) is 0 Å². The predicted molar refractivity (Wildman–Crippen MR) is 338 cm³/mol. The molecule has 3 N–H and O–H groups in total. The summed E-state index contributed by atoms with van der Waals surface area (Å²) in [6.45, 7) is 4.91. The molecule has 6 nitrogen and oxygen atoms in total. The summed E-state index contributed by atoms with van der Waals surface area (Å²) in [4.78, 5) is 24.4. The lowest BCUT2D eigenvalue weighted by atomic mass is 10.0. The Labute approximate surface area is 482 Å². The molecule has 77 heavy (non-hydrogen) atoms. The monoisotopic (exact) mass is 1090 g/mol. The molecule has 0 aliphatic heterocycles. The van der Waals surface area contributed by atoms with Crippen LogP contribution in [-0.2, 0) is 14.3 Å². The first-order chi connectivity index (χ1) is 38.0. The van der Waals surface area contributed by atoms with Crippen LogP contribution in [0.15, 0.2) is 12.2 Å². The van der Waals surface area contributed by atoms with Crippen LogP contribution in [0.25, 0.3) is 0 Å². The van der Waals surface area contributed by atoms with Gasteiger partial charge in [-0.15, -0.1) is 0 Å². The number of nitrogens with one attached hydrogen (secondary N) is 1. The van der Waals surface area contributed by atoms with Crippen molar-refractivity contribution in [1.29, 1.82) is 0 Å². The van der Waals surface area contributed by atoms with E-state index in [0.717, 1.165) is 38.5 Å². The maximum Gasteiger partial charge on any atom is 0.305 e. The number of unbranched alkanes of at least 4 members (excludes halogenated alkanes) is 56. The highest BCUT2D eigenvalue weighted by atomic mass is 16.5. The molecule has 0 saturated heterocycles. The minimum absolute atomic E-state index is 0.0242. The van der Waals surface area contributed by atoms with Crippen molar-refractivity contribution < 1.29 is 24.5 Å². The summed E-state index contributed by atoms with van der Waals surface area (Å²) >= 11 is 0. The Morgan fingerprint density at radius 1 is 0.351 bits per heavy atom. The van der Waals surface area contributed by atoms with E-state index in [2.05, 4.69) is 19.2 Å². The summed E-state index contributed by atoms with van der Waals surface area (Å²) in [5, 5.41) is 23.0. The minimum Gasteiger partial charge on any atom is -0.466 e. The van der Waals surface area contributed by atoms with Gasteiger partial charge >= 0.3 is 5.97 Å².